The number of benzene rings is 2. The minimum absolute atomic E-state index is 0.129. The predicted molar refractivity (Wildman–Crippen MR) is 100 cm³/mol. The van der Waals surface area contributed by atoms with Crippen LogP contribution >= 0.6 is 15.9 Å². The molecule has 0 saturated heterocycles. The molecule has 1 aromatic heterocycles. The Morgan fingerprint density at radius 1 is 1.08 bits per heavy atom. The highest BCUT2D eigenvalue weighted by Crippen LogP contribution is 2.25. The number of fused-ring (bicyclic) bond motifs is 2. The van der Waals surface area contributed by atoms with Crippen molar-refractivity contribution in [2.75, 3.05) is 0 Å². The minimum atomic E-state index is 0.129. The number of hydrogen-bond acceptors (Lipinski definition) is 1. The van der Waals surface area contributed by atoms with Crippen molar-refractivity contribution in [2.24, 2.45) is 0 Å². The third kappa shape index (κ3) is 2.98. The smallest absolute Gasteiger partial charge is 0.222 e. The van der Waals surface area contributed by atoms with Gasteiger partial charge in [0.05, 0.1) is 0 Å². The normalized spacial score (nSPS) is 14.0. The molecule has 4 heteroatoms. The van der Waals surface area contributed by atoms with Gasteiger partial charge in [0.1, 0.15) is 0 Å². The number of halogens is 1. The quantitative estimate of drug-likeness (QED) is 0.724. The molecule has 1 amide bonds. The van der Waals surface area contributed by atoms with E-state index in [1.165, 1.54) is 16.5 Å². The molecule has 1 aliphatic carbocycles. The summed E-state index contributed by atoms with van der Waals surface area (Å²) < 4.78 is 3.23. The molecule has 3 nitrogen and oxygen atoms in total. The largest absolute Gasteiger partial charge is 0.353 e. The third-order valence-electron chi connectivity index (χ3n) is 4.76. The van der Waals surface area contributed by atoms with Gasteiger partial charge in [-0.2, -0.15) is 0 Å². The molecule has 0 aliphatic heterocycles. The van der Waals surface area contributed by atoms with Crippen molar-refractivity contribution in [1.29, 1.82) is 0 Å². The fourth-order valence-corrected chi connectivity index (χ4v) is 4.05. The van der Waals surface area contributed by atoms with Gasteiger partial charge in [-0.05, 0) is 42.2 Å². The first-order valence-electron chi connectivity index (χ1n) is 8.30. The molecule has 24 heavy (non-hydrogen) atoms. The van der Waals surface area contributed by atoms with Gasteiger partial charge in [-0.15, -0.1) is 0 Å². The van der Waals surface area contributed by atoms with Crippen LogP contribution in [0.1, 0.15) is 17.5 Å². The van der Waals surface area contributed by atoms with Gasteiger partial charge in [0.2, 0.25) is 5.91 Å². The molecular weight excluding hydrogens is 364 g/mol. The summed E-state index contributed by atoms with van der Waals surface area (Å²) >= 11 is 3.57. The van der Waals surface area contributed by atoms with Gasteiger partial charge in [0.15, 0.2) is 0 Å². The van der Waals surface area contributed by atoms with E-state index in [1.807, 2.05) is 18.3 Å². The Labute approximate surface area is 149 Å². The second-order valence-corrected chi connectivity index (χ2v) is 7.23. The molecule has 122 valence electrons. The third-order valence-corrected chi connectivity index (χ3v) is 5.45. The number of hydrogen-bond donors (Lipinski definition) is 1. The Morgan fingerprint density at radius 2 is 1.83 bits per heavy atom. The molecule has 0 bridgehead atoms. The van der Waals surface area contributed by atoms with Gasteiger partial charge < -0.3 is 9.88 Å². The Kier molecular flexibility index (Phi) is 4.15. The number of carbonyl (C=O) groups is 1. The molecule has 2 aromatic carbocycles. The number of aromatic nitrogens is 1. The van der Waals surface area contributed by atoms with E-state index in [0.717, 1.165) is 22.8 Å². The first kappa shape index (κ1) is 15.5. The van der Waals surface area contributed by atoms with Gasteiger partial charge in [0, 0.05) is 40.6 Å². The zero-order chi connectivity index (χ0) is 16.5. The molecule has 0 radical (unpaired) electrons. The maximum absolute atomic E-state index is 12.3. The lowest BCUT2D eigenvalue weighted by atomic mass is 10.1. The van der Waals surface area contributed by atoms with Crippen LogP contribution in [0, 0.1) is 0 Å². The zero-order valence-corrected chi connectivity index (χ0v) is 14.9. The van der Waals surface area contributed by atoms with Crippen molar-refractivity contribution in [1.82, 2.24) is 9.88 Å². The molecule has 0 atom stereocenters. The summed E-state index contributed by atoms with van der Waals surface area (Å²) in [7, 11) is 0. The summed E-state index contributed by atoms with van der Waals surface area (Å²) in [6, 6.07) is 16.9. The molecule has 0 unspecified atom stereocenters. The average Bonchev–Trinajstić information content (AvgIpc) is 3.17. The zero-order valence-electron chi connectivity index (χ0n) is 13.3. The van der Waals surface area contributed by atoms with Crippen LogP contribution < -0.4 is 5.32 Å². The number of nitrogens with zero attached hydrogens (tertiary/aromatic N) is 1. The van der Waals surface area contributed by atoms with E-state index in [-0.39, 0.29) is 11.9 Å². The Bertz CT molecular complexity index is 875. The molecule has 0 fully saturated rings. The topological polar surface area (TPSA) is 34.0 Å². The van der Waals surface area contributed by atoms with E-state index < -0.39 is 0 Å². The number of carbonyl (C=O) groups excluding carboxylic acids is 1. The van der Waals surface area contributed by atoms with Crippen LogP contribution in [0.25, 0.3) is 10.9 Å². The molecule has 0 saturated carbocycles. The standard InChI is InChI=1S/C20H19BrN2O/c21-18-6-3-7-19-17(18)8-10-23(19)11-9-20(24)22-16-12-14-4-1-2-5-15(14)13-16/h1-8,10,16H,9,11-13H2,(H,22,24). The molecule has 3 aromatic rings. The SMILES string of the molecule is O=C(CCn1ccc2c(Br)cccc21)NC1Cc2ccccc2C1. The van der Waals surface area contributed by atoms with Crippen LogP contribution in [0.2, 0.25) is 0 Å². The van der Waals surface area contributed by atoms with Gasteiger partial charge >= 0.3 is 0 Å². The van der Waals surface area contributed by atoms with E-state index in [1.54, 1.807) is 0 Å². The summed E-state index contributed by atoms with van der Waals surface area (Å²) in [4.78, 5) is 12.3. The second-order valence-electron chi connectivity index (χ2n) is 6.37. The lowest BCUT2D eigenvalue weighted by Gasteiger charge is -2.12. The summed E-state index contributed by atoms with van der Waals surface area (Å²) in [5, 5.41) is 4.37. The monoisotopic (exact) mass is 382 g/mol. The number of amides is 1. The van der Waals surface area contributed by atoms with Crippen molar-refractivity contribution in [3.63, 3.8) is 0 Å². The molecule has 1 heterocycles. The maximum Gasteiger partial charge on any atom is 0.222 e. The number of aryl methyl sites for hydroxylation is 1. The lowest BCUT2D eigenvalue weighted by Crippen LogP contribution is -2.35. The highest BCUT2D eigenvalue weighted by Gasteiger charge is 2.22. The van der Waals surface area contributed by atoms with E-state index in [4.69, 9.17) is 0 Å². The van der Waals surface area contributed by atoms with Gasteiger partial charge in [0.25, 0.3) is 0 Å². The van der Waals surface area contributed by atoms with Gasteiger partial charge in [-0.3, -0.25) is 4.79 Å². The van der Waals surface area contributed by atoms with Crippen LogP contribution in [0.5, 0.6) is 0 Å². The van der Waals surface area contributed by atoms with E-state index >= 15 is 0 Å². The molecule has 0 spiro atoms. The van der Waals surface area contributed by atoms with Crippen LogP contribution in [0.15, 0.2) is 59.2 Å². The summed E-state index contributed by atoms with van der Waals surface area (Å²) in [6.45, 7) is 0.700. The van der Waals surface area contributed by atoms with E-state index in [0.29, 0.717) is 13.0 Å². The Hall–Kier alpha value is -2.07. The first-order valence-corrected chi connectivity index (χ1v) is 9.09. The average molecular weight is 383 g/mol. The fourth-order valence-electron chi connectivity index (χ4n) is 3.56. The number of nitrogens with one attached hydrogen (secondary N) is 1. The first-order chi connectivity index (χ1) is 11.7. The Morgan fingerprint density at radius 3 is 2.58 bits per heavy atom. The van der Waals surface area contributed by atoms with E-state index in [2.05, 4.69) is 62.2 Å². The van der Waals surface area contributed by atoms with Crippen LogP contribution in [0.4, 0.5) is 0 Å². The van der Waals surface area contributed by atoms with Gasteiger partial charge in [-0.25, -0.2) is 0 Å². The summed E-state index contributed by atoms with van der Waals surface area (Å²) in [6.07, 6.45) is 4.44. The van der Waals surface area contributed by atoms with Crippen molar-refractivity contribution < 1.29 is 4.79 Å². The predicted octanol–water partition coefficient (Wildman–Crippen LogP) is 4.08. The highest BCUT2D eigenvalue weighted by molar-refractivity contribution is 9.10. The lowest BCUT2D eigenvalue weighted by molar-refractivity contribution is -0.121. The minimum Gasteiger partial charge on any atom is -0.353 e. The molecule has 4 rings (SSSR count). The van der Waals surface area contributed by atoms with E-state index in [9.17, 15) is 4.79 Å². The summed E-state index contributed by atoms with van der Waals surface area (Å²) in [5.41, 5.74) is 3.89. The second kappa shape index (κ2) is 6.44. The van der Waals surface area contributed by atoms with Crippen molar-refractivity contribution in [2.45, 2.75) is 31.8 Å². The van der Waals surface area contributed by atoms with Crippen LogP contribution in [-0.2, 0) is 24.2 Å². The van der Waals surface area contributed by atoms with Crippen LogP contribution in [0.3, 0.4) is 0 Å². The Balaban J connectivity index is 1.36. The molecular formula is C20H19BrN2O. The maximum atomic E-state index is 12.3. The van der Waals surface area contributed by atoms with Gasteiger partial charge in [-0.1, -0.05) is 46.3 Å². The van der Waals surface area contributed by atoms with Crippen molar-refractivity contribution >= 4 is 32.7 Å². The highest BCUT2D eigenvalue weighted by atomic mass is 79.9. The fraction of sp³-hybridized carbons (Fsp3) is 0.250. The van der Waals surface area contributed by atoms with Crippen molar-refractivity contribution in [3.8, 4) is 0 Å². The molecule has 1 N–H and O–H groups in total. The van der Waals surface area contributed by atoms with Crippen LogP contribution in [-0.4, -0.2) is 16.5 Å². The molecule has 1 aliphatic rings. The number of rotatable bonds is 4. The van der Waals surface area contributed by atoms with Crippen molar-refractivity contribution in [3.05, 3.63) is 70.3 Å². The summed E-state index contributed by atoms with van der Waals surface area (Å²) in [5.74, 6) is 0.129.